The predicted molar refractivity (Wildman–Crippen MR) is 125 cm³/mol. The lowest BCUT2D eigenvalue weighted by Crippen LogP contribution is -2.38. The maximum atomic E-state index is 13.8. The van der Waals surface area contributed by atoms with Gasteiger partial charge in [0.15, 0.2) is 5.16 Å². The Labute approximate surface area is 188 Å². The standard InChI is InChI=1S/C22H24N4O3S2/c1-12-8-9-13(2)15(10-12)26-20(28)18-14-6-4-5-7-16(14)31-19(18)25-22(26)30-11-17(27)24-21(29)23-3/h8-10H,4-7,11H2,1-3H3,(H2,23,24,27,29). The van der Waals surface area contributed by atoms with Crippen LogP contribution in [-0.2, 0) is 17.6 Å². The molecule has 162 valence electrons. The van der Waals surface area contributed by atoms with Crippen LogP contribution < -0.4 is 16.2 Å². The number of carbonyl (C=O) groups excluding carboxylic acids is 2. The van der Waals surface area contributed by atoms with Gasteiger partial charge in [0.1, 0.15) is 4.83 Å². The lowest BCUT2D eigenvalue weighted by atomic mass is 9.97. The maximum absolute atomic E-state index is 13.8. The smallest absolute Gasteiger partial charge is 0.321 e. The van der Waals surface area contributed by atoms with E-state index in [2.05, 4.69) is 10.6 Å². The minimum absolute atomic E-state index is 0.0265. The van der Waals surface area contributed by atoms with Crippen LogP contribution in [0.5, 0.6) is 0 Å². The lowest BCUT2D eigenvalue weighted by Gasteiger charge is -2.16. The SMILES string of the molecule is CNC(=O)NC(=O)CSc1nc2sc3c(c2c(=O)n1-c1cc(C)ccc1C)CCCC3. The van der Waals surface area contributed by atoms with Crippen LogP contribution in [0.3, 0.4) is 0 Å². The van der Waals surface area contributed by atoms with Crippen molar-refractivity contribution < 1.29 is 9.59 Å². The van der Waals surface area contributed by atoms with Crippen molar-refractivity contribution in [1.29, 1.82) is 0 Å². The van der Waals surface area contributed by atoms with Gasteiger partial charge in [0.05, 0.1) is 16.8 Å². The Morgan fingerprint density at radius 1 is 1.23 bits per heavy atom. The molecule has 0 radical (unpaired) electrons. The highest BCUT2D eigenvalue weighted by molar-refractivity contribution is 7.99. The third-order valence-corrected chi connectivity index (χ3v) is 7.50. The number of thioether (sulfide) groups is 1. The number of urea groups is 1. The topological polar surface area (TPSA) is 93.1 Å². The predicted octanol–water partition coefficient (Wildman–Crippen LogP) is 3.49. The molecule has 0 spiro atoms. The van der Waals surface area contributed by atoms with E-state index in [1.807, 2.05) is 32.0 Å². The van der Waals surface area contributed by atoms with Gasteiger partial charge in [-0.05, 0) is 62.3 Å². The number of amides is 3. The second kappa shape index (κ2) is 8.84. The zero-order chi connectivity index (χ0) is 22.1. The van der Waals surface area contributed by atoms with Crippen molar-refractivity contribution in [2.75, 3.05) is 12.8 Å². The summed E-state index contributed by atoms with van der Waals surface area (Å²) in [5.41, 5.74) is 3.80. The Bertz CT molecular complexity index is 1250. The summed E-state index contributed by atoms with van der Waals surface area (Å²) < 4.78 is 1.63. The molecule has 7 nitrogen and oxygen atoms in total. The minimum atomic E-state index is -0.563. The molecule has 1 aliphatic carbocycles. The Hall–Kier alpha value is -2.65. The molecule has 1 aromatic carbocycles. The van der Waals surface area contributed by atoms with Gasteiger partial charge in [-0.25, -0.2) is 9.78 Å². The number of nitrogens with one attached hydrogen (secondary N) is 2. The molecule has 1 aliphatic rings. The molecule has 0 atom stereocenters. The highest BCUT2D eigenvalue weighted by Gasteiger charge is 2.24. The van der Waals surface area contributed by atoms with Gasteiger partial charge in [-0.2, -0.15) is 0 Å². The lowest BCUT2D eigenvalue weighted by molar-refractivity contribution is -0.117. The number of hydrogen-bond donors (Lipinski definition) is 2. The molecule has 0 bridgehead atoms. The minimum Gasteiger partial charge on any atom is -0.341 e. The van der Waals surface area contributed by atoms with Crippen molar-refractivity contribution in [3.05, 3.63) is 50.1 Å². The first kappa shape index (κ1) is 21.6. The summed E-state index contributed by atoms with van der Waals surface area (Å²) in [6.07, 6.45) is 4.10. The number of imide groups is 1. The van der Waals surface area contributed by atoms with Crippen molar-refractivity contribution in [2.24, 2.45) is 0 Å². The third-order valence-electron chi connectivity index (χ3n) is 5.38. The van der Waals surface area contributed by atoms with Crippen LogP contribution in [0.25, 0.3) is 15.9 Å². The molecular formula is C22H24N4O3S2. The summed E-state index contributed by atoms with van der Waals surface area (Å²) in [5, 5.41) is 5.77. The van der Waals surface area contributed by atoms with Crippen LogP contribution in [0.1, 0.15) is 34.4 Å². The van der Waals surface area contributed by atoms with E-state index in [1.54, 1.807) is 15.9 Å². The van der Waals surface area contributed by atoms with Crippen molar-refractivity contribution in [2.45, 2.75) is 44.7 Å². The number of hydrogen-bond acceptors (Lipinski definition) is 6. The number of fused-ring (bicyclic) bond motifs is 3. The zero-order valence-corrected chi connectivity index (χ0v) is 19.3. The van der Waals surface area contributed by atoms with Crippen LogP contribution in [-0.4, -0.2) is 34.3 Å². The van der Waals surface area contributed by atoms with Crippen molar-refractivity contribution in [1.82, 2.24) is 20.2 Å². The van der Waals surface area contributed by atoms with Crippen LogP contribution >= 0.6 is 23.1 Å². The fourth-order valence-corrected chi connectivity index (χ4v) is 5.92. The Morgan fingerprint density at radius 3 is 2.77 bits per heavy atom. The fraction of sp³-hybridized carbons (Fsp3) is 0.364. The molecule has 9 heteroatoms. The average molecular weight is 457 g/mol. The molecule has 2 heterocycles. The largest absolute Gasteiger partial charge is 0.341 e. The van der Waals surface area contributed by atoms with E-state index in [9.17, 15) is 14.4 Å². The summed E-state index contributed by atoms with van der Waals surface area (Å²) in [6.45, 7) is 3.94. The fourth-order valence-electron chi connectivity index (χ4n) is 3.81. The van der Waals surface area contributed by atoms with Gasteiger partial charge in [-0.15, -0.1) is 11.3 Å². The van der Waals surface area contributed by atoms with Gasteiger partial charge in [0.25, 0.3) is 5.56 Å². The van der Waals surface area contributed by atoms with Crippen molar-refractivity contribution in [3.63, 3.8) is 0 Å². The normalized spacial score (nSPS) is 13.1. The molecule has 0 unspecified atom stereocenters. The van der Waals surface area contributed by atoms with Gasteiger partial charge in [-0.1, -0.05) is 23.9 Å². The molecule has 2 aromatic heterocycles. The number of aromatic nitrogens is 2. The highest BCUT2D eigenvalue weighted by atomic mass is 32.2. The molecule has 3 aromatic rings. The van der Waals surface area contributed by atoms with E-state index < -0.39 is 11.9 Å². The first-order valence-electron chi connectivity index (χ1n) is 10.2. The number of aryl methyl sites for hydroxylation is 4. The maximum Gasteiger partial charge on any atom is 0.321 e. The monoisotopic (exact) mass is 456 g/mol. The second-order valence-corrected chi connectivity index (χ2v) is 9.66. The van der Waals surface area contributed by atoms with Gasteiger partial charge in [-0.3, -0.25) is 19.5 Å². The van der Waals surface area contributed by atoms with Gasteiger partial charge in [0.2, 0.25) is 5.91 Å². The molecule has 31 heavy (non-hydrogen) atoms. The average Bonchev–Trinajstić information content (AvgIpc) is 3.13. The molecule has 0 aliphatic heterocycles. The summed E-state index contributed by atoms with van der Waals surface area (Å²) in [7, 11) is 1.45. The van der Waals surface area contributed by atoms with E-state index in [1.165, 1.54) is 11.9 Å². The van der Waals surface area contributed by atoms with Gasteiger partial charge < -0.3 is 5.32 Å². The summed E-state index contributed by atoms with van der Waals surface area (Å²) in [5.74, 6) is -0.474. The second-order valence-electron chi connectivity index (χ2n) is 7.63. The number of thiophene rings is 1. The number of rotatable bonds is 4. The first-order valence-corrected chi connectivity index (χ1v) is 12.0. The number of carbonyl (C=O) groups is 2. The number of benzene rings is 1. The highest BCUT2D eigenvalue weighted by Crippen LogP contribution is 2.35. The molecule has 2 N–H and O–H groups in total. The van der Waals surface area contributed by atoms with E-state index in [-0.39, 0.29) is 11.3 Å². The summed E-state index contributed by atoms with van der Waals surface area (Å²) >= 11 is 2.74. The van der Waals surface area contributed by atoms with Crippen LogP contribution in [0.2, 0.25) is 0 Å². The summed E-state index contributed by atoms with van der Waals surface area (Å²) in [4.78, 5) is 44.1. The van der Waals surface area contributed by atoms with Crippen LogP contribution in [0, 0.1) is 13.8 Å². The van der Waals surface area contributed by atoms with Gasteiger partial charge in [0, 0.05) is 11.9 Å². The molecule has 0 saturated heterocycles. The Balaban J connectivity index is 1.85. The van der Waals surface area contributed by atoms with Crippen LogP contribution in [0.15, 0.2) is 28.2 Å². The third kappa shape index (κ3) is 4.24. The van der Waals surface area contributed by atoms with E-state index in [0.717, 1.165) is 64.7 Å². The molecular weight excluding hydrogens is 432 g/mol. The van der Waals surface area contributed by atoms with E-state index in [0.29, 0.717) is 10.5 Å². The Morgan fingerprint density at radius 2 is 2.00 bits per heavy atom. The molecule has 0 saturated carbocycles. The van der Waals surface area contributed by atoms with E-state index >= 15 is 0 Å². The number of nitrogens with zero attached hydrogens (tertiary/aromatic N) is 2. The van der Waals surface area contributed by atoms with Gasteiger partial charge >= 0.3 is 6.03 Å². The molecule has 0 fully saturated rings. The quantitative estimate of drug-likeness (QED) is 0.463. The zero-order valence-electron chi connectivity index (χ0n) is 17.7. The molecule has 3 amide bonds. The van der Waals surface area contributed by atoms with E-state index in [4.69, 9.17) is 4.98 Å². The van der Waals surface area contributed by atoms with Crippen molar-refractivity contribution >= 4 is 45.3 Å². The molecule has 4 rings (SSSR count). The van der Waals surface area contributed by atoms with Crippen LogP contribution in [0.4, 0.5) is 4.79 Å². The van der Waals surface area contributed by atoms with Crippen molar-refractivity contribution in [3.8, 4) is 5.69 Å². The first-order chi connectivity index (χ1) is 14.9. The Kier molecular flexibility index (Phi) is 6.15. The summed E-state index contributed by atoms with van der Waals surface area (Å²) in [6, 6.07) is 5.40.